The lowest BCUT2D eigenvalue weighted by atomic mass is 10.3. The van der Waals surface area contributed by atoms with Gasteiger partial charge in [0.2, 0.25) is 0 Å². The van der Waals surface area contributed by atoms with Gasteiger partial charge in [-0.25, -0.2) is 0 Å². The van der Waals surface area contributed by atoms with Crippen molar-refractivity contribution in [3.05, 3.63) is 36.7 Å². The molecule has 3 heterocycles. The predicted molar refractivity (Wildman–Crippen MR) is 90.6 cm³/mol. The molecule has 0 aliphatic heterocycles. The van der Waals surface area contributed by atoms with E-state index in [-0.39, 0.29) is 11.2 Å². The molecule has 0 radical (unpaired) electrons. The summed E-state index contributed by atoms with van der Waals surface area (Å²) in [6.07, 6.45) is 4.08. The molecule has 0 saturated heterocycles. The lowest BCUT2D eigenvalue weighted by Gasteiger charge is -2.12. The largest absolute Gasteiger partial charge is 0.465 e. The zero-order valence-corrected chi connectivity index (χ0v) is 14.2. The molecule has 0 unspecified atom stereocenters. The SMILES string of the molecule is CCOC(=O)[C@@H](CC)Sc1ccc2nnc(-c3cccnc3)n2n1. The van der Waals surface area contributed by atoms with Crippen molar-refractivity contribution < 1.29 is 9.53 Å². The Morgan fingerprint density at radius 1 is 1.29 bits per heavy atom. The lowest BCUT2D eigenvalue weighted by molar-refractivity contribution is -0.142. The topological polar surface area (TPSA) is 82.3 Å². The molecule has 124 valence electrons. The summed E-state index contributed by atoms with van der Waals surface area (Å²) in [4.78, 5) is 16.1. The van der Waals surface area contributed by atoms with Crippen LogP contribution in [0.25, 0.3) is 17.0 Å². The highest BCUT2D eigenvalue weighted by Gasteiger charge is 2.20. The van der Waals surface area contributed by atoms with Crippen LogP contribution in [0.4, 0.5) is 0 Å². The van der Waals surface area contributed by atoms with Crippen LogP contribution in [-0.2, 0) is 9.53 Å². The van der Waals surface area contributed by atoms with Gasteiger partial charge in [-0.15, -0.1) is 10.2 Å². The molecule has 24 heavy (non-hydrogen) atoms. The molecule has 0 bridgehead atoms. The van der Waals surface area contributed by atoms with Crippen molar-refractivity contribution in [2.24, 2.45) is 0 Å². The molecule has 0 aromatic carbocycles. The zero-order valence-electron chi connectivity index (χ0n) is 13.4. The summed E-state index contributed by atoms with van der Waals surface area (Å²) in [5.74, 6) is 0.396. The van der Waals surface area contributed by atoms with Crippen LogP contribution in [-0.4, -0.2) is 42.6 Å². The number of fused-ring (bicyclic) bond motifs is 1. The van der Waals surface area contributed by atoms with Crippen LogP contribution in [0.2, 0.25) is 0 Å². The number of nitrogens with zero attached hydrogens (tertiary/aromatic N) is 5. The van der Waals surface area contributed by atoms with Crippen LogP contribution < -0.4 is 0 Å². The van der Waals surface area contributed by atoms with Gasteiger partial charge in [-0.3, -0.25) is 9.78 Å². The molecule has 1 atom stereocenters. The fraction of sp³-hybridized carbons (Fsp3) is 0.312. The summed E-state index contributed by atoms with van der Waals surface area (Å²) in [6.45, 7) is 4.13. The predicted octanol–water partition coefficient (Wildman–Crippen LogP) is 2.62. The number of pyridine rings is 1. The molecular weight excluding hydrogens is 326 g/mol. The van der Waals surface area contributed by atoms with E-state index in [1.54, 1.807) is 23.8 Å². The average molecular weight is 343 g/mol. The van der Waals surface area contributed by atoms with Gasteiger partial charge in [-0.1, -0.05) is 18.7 Å². The van der Waals surface area contributed by atoms with Crippen LogP contribution in [0.1, 0.15) is 20.3 Å². The standard InChI is InChI=1S/C16H17N5O2S/c1-3-12(16(22)23-4-2)24-14-8-7-13-18-19-15(21(13)20-14)11-6-5-9-17-10-11/h5-10,12H,3-4H2,1-2H3/t12-/m1/s1. The fourth-order valence-corrected chi connectivity index (χ4v) is 3.09. The smallest absolute Gasteiger partial charge is 0.319 e. The van der Waals surface area contributed by atoms with E-state index in [2.05, 4.69) is 20.3 Å². The Balaban J connectivity index is 1.92. The van der Waals surface area contributed by atoms with Crippen molar-refractivity contribution in [3.8, 4) is 11.4 Å². The lowest BCUT2D eigenvalue weighted by Crippen LogP contribution is -2.19. The number of thioether (sulfide) groups is 1. The Morgan fingerprint density at radius 3 is 2.88 bits per heavy atom. The van der Waals surface area contributed by atoms with Crippen molar-refractivity contribution >= 4 is 23.4 Å². The van der Waals surface area contributed by atoms with Gasteiger partial charge in [0, 0.05) is 18.0 Å². The number of ether oxygens (including phenoxy) is 1. The van der Waals surface area contributed by atoms with Crippen molar-refractivity contribution in [1.29, 1.82) is 0 Å². The molecule has 0 spiro atoms. The highest BCUT2D eigenvalue weighted by Crippen LogP contribution is 2.26. The third-order valence-corrected chi connectivity index (χ3v) is 4.61. The van der Waals surface area contributed by atoms with Crippen LogP contribution in [0.15, 0.2) is 41.7 Å². The fourth-order valence-electron chi connectivity index (χ4n) is 2.19. The van der Waals surface area contributed by atoms with Crippen LogP contribution in [0, 0.1) is 0 Å². The molecule has 0 fully saturated rings. The monoisotopic (exact) mass is 343 g/mol. The van der Waals surface area contributed by atoms with Crippen LogP contribution >= 0.6 is 11.8 Å². The molecule has 0 aliphatic carbocycles. The summed E-state index contributed by atoms with van der Waals surface area (Å²) >= 11 is 1.38. The molecule has 0 aliphatic rings. The first-order chi connectivity index (χ1) is 11.7. The minimum absolute atomic E-state index is 0.219. The van der Waals surface area contributed by atoms with E-state index in [0.717, 1.165) is 5.56 Å². The maximum atomic E-state index is 12.0. The highest BCUT2D eigenvalue weighted by atomic mass is 32.2. The summed E-state index contributed by atoms with van der Waals surface area (Å²) in [5.41, 5.74) is 1.47. The second-order valence-corrected chi connectivity index (χ2v) is 6.20. The summed E-state index contributed by atoms with van der Waals surface area (Å²) in [7, 11) is 0. The molecule has 7 nitrogen and oxygen atoms in total. The molecule has 3 aromatic rings. The highest BCUT2D eigenvalue weighted by molar-refractivity contribution is 8.00. The molecule has 3 rings (SSSR count). The van der Waals surface area contributed by atoms with E-state index >= 15 is 0 Å². The Kier molecular flexibility index (Phi) is 5.05. The molecule has 0 N–H and O–H groups in total. The number of aromatic nitrogens is 5. The molecule has 3 aromatic heterocycles. The first-order valence-electron chi connectivity index (χ1n) is 7.69. The average Bonchev–Trinajstić information content (AvgIpc) is 3.03. The van der Waals surface area contributed by atoms with Crippen LogP contribution in [0.3, 0.4) is 0 Å². The third-order valence-electron chi connectivity index (χ3n) is 3.34. The minimum Gasteiger partial charge on any atom is -0.465 e. The Bertz CT molecular complexity index is 837. The van der Waals surface area contributed by atoms with E-state index in [1.165, 1.54) is 11.8 Å². The Labute approximate surface area is 143 Å². The second-order valence-electron chi connectivity index (χ2n) is 4.97. The number of hydrogen-bond acceptors (Lipinski definition) is 7. The molecule has 0 saturated carbocycles. The molecular formula is C16H17N5O2S. The number of rotatable bonds is 6. The minimum atomic E-state index is -0.284. The first kappa shape index (κ1) is 16.4. The molecule has 0 amide bonds. The molecule has 8 heteroatoms. The quantitative estimate of drug-likeness (QED) is 0.502. The zero-order chi connectivity index (χ0) is 16.9. The summed E-state index contributed by atoms with van der Waals surface area (Å²) in [5, 5.41) is 13.3. The number of carbonyl (C=O) groups excluding carboxylic acids is 1. The Hall–Kier alpha value is -2.48. The first-order valence-corrected chi connectivity index (χ1v) is 8.57. The van der Waals surface area contributed by atoms with Gasteiger partial charge in [-0.2, -0.15) is 9.61 Å². The van der Waals surface area contributed by atoms with E-state index in [1.807, 2.05) is 31.2 Å². The van der Waals surface area contributed by atoms with Gasteiger partial charge >= 0.3 is 5.97 Å². The third kappa shape index (κ3) is 3.38. The van der Waals surface area contributed by atoms with Crippen LogP contribution in [0.5, 0.6) is 0 Å². The normalized spacial score (nSPS) is 12.2. The van der Waals surface area contributed by atoms with Crippen molar-refractivity contribution in [2.45, 2.75) is 30.5 Å². The number of esters is 1. The van der Waals surface area contributed by atoms with E-state index in [0.29, 0.717) is 29.5 Å². The van der Waals surface area contributed by atoms with Gasteiger partial charge in [-0.05, 0) is 37.6 Å². The van der Waals surface area contributed by atoms with Gasteiger partial charge < -0.3 is 4.74 Å². The van der Waals surface area contributed by atoms with Gasteiger partial charge in [0.15, 0.2) is 11.5 Å². The van der Waals surface area contributed by atoms with Gasteiger partial charge in [0.1, 0.15) is 10.3 Å². The van der Waals surface area contributed by atoms with Gasteiger partial charge in [0.25, 0.3) is 0 Å². The maximum absolute atomic E-state index is 12.0. The number of carbonyl (C=O) groups is 1. The van der Waals surface area contributed by atoms with E-state index in [4.69, 9.17) is 4.74 Å². The van der Waals surface area contributed by atoms with E-state index < -0.39 is 0 Å². The number of hydrogen-bond donors (Lipinski definition) is 0. The maximum Gasteiger partial charge on any atom is 0.319 e. The van der Waals surface area contributed by atoms with Crippen molar-refractivity contribution in [2.75, 3.05) is 6.61 Å². The summed E-state index contributed by atoms with van der Waals surface area (Å²) < 4.78 is 6.77. The van der Waals surface area contributed by atoms with Gasteiger partial charge in [0.05, 0.1) is 6.61 Å². The van der Waals surface area contributed by atoms with Crippen molar-refractivity contribution in [1.82, 2.24) is 24.8 Å². The van der Waals surface area contributed by atoms with E-state index in [9.17, 15) is 4.79 Å². The Morgan fingerprint density at radius 2 is 2.17 bits per heavy atom. The second kappa shape index (κ2) is 7.39. The van der Waals surface area contributed by atoms with Crippen molar-refractivity contribution in [3.63, 3.8) is 0 Å². The summed E-state index contributed by atoms with van der Waals surface area (Å²) in [6, 6.07) is 7.41.